The van der Waals surface area contributed by atoms with Crippen LogP contribution >= 0.6 is 27.3 Å². The molecule has 0 fully saturated rings. The van der Waals surface area contributed by atoms with Crippen LogP contribution < -0.4 is 19.9 Å². The molecule has 0 aliphatic carbocycles. The normalized spacial score (nSPS) is 14.9. The SMILES string of the molecule is COc1ccsc1C(N)c1cc2c(cc1Br)OCCO2. The molecule has 1 atom stereocenters. The van der Waals surface area contributed by atoms with Crippen molar-refractivity contribution in [2.24, 2.45) is 5.73 Å². The summed E-state index contributed by atoms with van der Waals surface area (Å²) in [6, 6.07) is 5.49. The molecule has 1 aliphatic heterocycles. The first kappa shape index (κ1) is 13.7. The van der Waals surface area contributed by atoms with Crippen LogP contribution in [0.5, 0.6) is 17.2 Å². The minimum absolute atomic E-state index is 0.268. The molecule has 106 valence electrons. The van der Waals surface area contributed by atoms with E-state index in [9.17, 15) is 0 Å². The van der Waals surface area contributed by atoms with Gasteiger partial charge in [-0.1, -0.05) is 15.9 Å². The quantitative estimate of drug-likeness (QED) is 0.917. The van der Waals surface area contributed by atoms with Gasteiger partial charge in [0.1, 0.15) is 19.0 Å². The van der Waals surface area contributed by atoms with Gasteiger partial charge in [0.05, 0.1) is 18.0 Å². The molecule has 0 amide bonds. The minimum atomic E-state index is -0.268. The van der Waals surface area contributed by atoms with E-state index in [4.69, 9.17) is 19.9 Å². The summed E-state index contributed by atoms with van der Waals surface area (Å²) in [6.07, 6.45) is 0. The van der Waals surface area contributed by atoms with Crippen molar-refractivity contribution in [3.8, 4) is 17.2 Å². The zero-order chi connectivity index (χ0) is 14.1. The van der Waals surface area contributed by atoms with Gasteiger partial charge in [-0.05, 0) is 29.1 Å². The summed E-state index contributed by atoms with van der Waals surface area (Å²) in [7, 11) is 1.65. The molecule has 4 nitrogen and oxygen atoms in total. The summed E-state index contributed by atoms with van der Waals surface area (Å²) in [4.78, 5) is 0.991. The smallest absolute Gasteiger partial charge is 0.162 e. The number of hydrogen-bond acceptors (Lipinski definition) is 5. The third-order valence-electron chi connectivity index (χ3n) is 3.16. The average molecular weight is 356 g/mol. The Morgan fingerprint density at radius 2 is 2.00 bits per heavy atom. The van der Waals surface area contributed by atoms with E-state index in [1.807, 2.05) is 23.6 Å². The molecule has 2 heterocycles. The van der Waals surface area contributed by atoms with Gasteiger partial charge in [0.2, 0.25) is 0 Å². The van der Waals surface area contributed by atoms with Crippen LogP contribution in [0.25, 0.3) is 0 Å². The van der Waals surface area contributed by atoms with E-state index in [1.54, 1.807) is 18.4 Å². The second-order valence-electron chi connectivity index (χ2n) is 4.35. The third-order valence-corrected chi connectivity index (χ3v) is 4.82. The van der Waals surface area contributed by atoms with Gasteiger partial charge in [-0.3, -0.25) is 0 Å². The topological polar surface area (TPSA) is 53.7 Å². The van der Waals surface area contributed by atoms with Gasteiger partial charge in [-0.25, -0.2) is 0 Å². The number of ether oxygens (including phenoxy) is 3. The van der Waals surface area contributed by atoms with E-state index in [0.29, 0.717) is 13.2 Å². The maximum Gasteiger partial charge on any atom is 0.162 e. The van der Waals surface area contributed by atoms with E-state index in [-0.39, 0.29) is 6.04 Å². The van der Waals surface area contributed by atoms with Crippen LogP contribution in [0.2, 0.25) is 0 Å². The molecule has 2 N–H and O–H groups in total. The van der Waals surface area contributed by atoms with E-state index in [2.05, 4.69) is 15.9 Å². The Balaban J connectivity index is 2.01. The third kappa shape index (κ3) is 2.39. The lowest BCUT2D eigenvalue weighted by molar-refractivity contribution is 0.171. The lowest BCUT2D eigenvalue weighted by Gasteiger charge is -2.22. The summed E-state index contributed by atoms with van der Waals surface area (Å²) in [6.45, 7) is 1.13. The number of hydrogen-bond donors (Lipinski definition) is 1. The molecule has 0 radical (unpaired) electrons. The molecule has 0 saturated carbocycles. The van der Waals surface area contributed by atoms with Gasteiger partial charge in [-0.2, -0.15) is 0 Å². The molecule has 1 aromatic heterocycles. The Kier molecular flexibility index (Phi) is 3.87. The molecule has 1 aromatic carbocycles. The molecular formula is C14H14BrNO3S. The second-order valence-corrected chi connectivity index (χ2v) is 6.15. The fraction of sp³-hybridized carbons (Fsp3) is 0.286. The Labute approximate surface area is 129 Å². The number of benzene rings is 1. The van der Waals surface area contributed by atoms with Gasteiger partial charge in [0.25, 0.3) is 0 Å². The summed E-state index contributed by atoms with van der Waals surface area (Å²) in [5.41, 5.74) is 7.33. The largest absolute Gasteiger partial charge is 0.496 e. The van der Waals surface area contributed by atoms with Crippen molar-refractivity contribution in [1.29, 1.82) is 0 Å². The molecule has 6 heteroatoms. The number of thiophene rings is 1. The number of nitrogens with two attached hydrogens (primary N) is 1. The summed E-state index contributed by atoms with van der Waals surface area (Å²) in [5.74, 6) is 2.29. The highest BCUT2D eigenvalue weighted by Gasteiger charge is 2.22. The van der Waals surface area contributed by atoms with Gasteiger partial charge >= 0.3 is 0 Å². The standard InChI is InChI=1S/C14H14BrNO3S/c1-17-10-2-5-20-14(10)13(16)8-6-11-12(7-9(8)15)19-4-3-18-11/h2,5-7,13H,3-4,16H2,1H3. The molecule has 0 spiro atoms. The lowest BCUT2D eigenvalue weighted by Crippen LogP contribution is -2.17. The van der Waals surface area contributed by atoms with Crippen molar-refractivity contribution in [3.05, 3.63) is 38.5 Å². The van der Waals surface area contributed by atoms with E-state index in [0.717, 1.165) is 32.2 Å². The predicted molar refractivity (Wildman–Crippen MR) is 82.0 cm³/mol. The predicted octanol–water partition coefficient (Wildman–Crippen LogP) is 3.34. The fourth-order valence-electron chi connectivity index (χ4n) is 2.16. The van der Waals surface area contributed by atoms with Gasteiger partial charge in [-0.15, -0.1) is 11.3 Å². The molecule has 1 aliphatic rings. The summed E-state index contributed by atoms with van der Waals surface area (Å²) >= 11 is 5.14. The zero-order valence-electron chi connectivity index (χ0n) is 10.9. The highest BCUT2D eigenvalue weighted by Crippen LogP contribution is 2.41. The maximum absolute atomic E-state index is 6.38. The first-order chi connectivity index (χ1) is 9.70. The van der Waals surface area contributed by atoms with Crippen LogP contribution in [0.15, 0.2) is 28.1 Å². The van der Waals surface area contributed by atoms with Crippen molar-refractivity contribution in [3.63, 3.8) is 0 Å². The van der Waals surface area contributed by atoms with Crippen molar-refractivity contribution >= 4 is 27.3 Å². The molecule has 1 unspecified atom stereocenters. The van der Waals surface area contributed by atoms with Crippen LogP contribution in [0.3, 0.4) is 0 Å². The van der Waals surface area contributed by atoms with Crippen molar-refractivity contribution in [1.82, 2.24) is 0 Å². The molecule has 2 aromatic rings. The Bertz CT molecular complexity index is 629. The Morgan fingerprint density at radius 3 is 2.70 bits per heavy atom. The second kappa shape index (κ2) is 5.63. The summed E-state index contributed by atoms with van der Waals surface area (Å²) < 4.78 is 17.4. The van der Waals surface area contributed by atoms with Crippen molar-refractivity contribution < 1.29 is 14.2 Å². The van der Waals surface area contributed by atoms with Gasteiger partial charge < -0.3 is 19.9 Å². The highest BCUT2D eigenvalue weighted by molar-refractivity contribution is 9.10. The van der Waals surface area contributed by atoms with Crippen LogP contribution in [-0.2, 0) is 0 Å². The summed E-state index contributed by atoms with van der Waals surface area (Å²) in [5, 5.41) is 1.97. The molecular weight excluding hydrogens is 342 g/mol. The average Bonchev–Trinajstić information content (AvgIpc) is 2.94. The van der Waals surface area contributed by atoms with Crippen molar-refractivity contribution in [2.75, 3.05) is 20.3 Å². The van der Waals surface area contributed by atoms with E-state index < -0.39 is 0 Å². The van der Waals surface area contributed by atoms with Crippen molar-refractivity contribution in [2.45, 2.75) is 6.04 Å². The minimum Gasteiger partial charge on any atom is -0.496 e. The van der Waals surface area contributed by atoms with Crippen LogP contribution in [0, 0.1) is 0 Å². The van der Waals surface area contributed by atoms with Crippen LogP contribution in [-0.4, -0.2) is 20.3 Å². The molecule has 0 bridgehead atoms. The van der Waals surface area contributed by atoms with E-state index in [1.165, 1.54) is 0 Å². The molecule has 3 rings (SSSR count). The number of halogens is 1. The number of methoxy groups -OCH3 is 1. The maximum atomic E-state index is 6.38. The van der Waals surface area contributed by atoms with Crippen LogP contribution in [0.4, 0.5) is 0 Å². The van der Waals surface area contributed by atoms with Gasteiger partial charge in [0, 0.05) is 4.47 Å². The fourth-order valence-corrected chi connectivity index (χ4v) is 3.61. The first-order valence-electron chi connectivity index (χ1n) is 6.16. The van der Waals surface area contributed by atoms with E-state index >= 15 is 0 Å². The Morgan fingerprint density at radius 1 is 1.30 bits per heavy atom. The highest BCUT2D eigenvalue weighted by atomic mass is 79.9. The van der Waals surface area contributed by atoms with Gasteiger partial charge in [0.15, 0.2) is 11.5 Å². The monoisotopic (exact) mass is 355 g/mol. The van der Waals surface area contributed by atoms with Crippen LogP contribution in [0.1, 0.15) is 16.5 Å². The zero-order valence-corrected chi connectivity index (χ0v) is 13.3. The lowest BCUT2D eigenvalue weighted by atomic mass is 10.0. The number of fused-ring (bicyclic) bond motifs is 1. The Hall–Kier alpha value is -1.24. The molecule has 0 saturated heterocycles. The number of rotatable bonds is 3. The molecule has 20 heavy (non-hydrogen) atoms. The first-order valence-corrected chi connectivity index (χ1v) is 7.84.